The maximum Gasteiger partial charge on any atom is 0.191 e. The molecule has 1 aromatic heterocycles. The van der Waals surface area contributed by atoms with Gasteiger partial charge >= 0.3 is 0 Å². The van der Waals surface area contributed by atoms with E-state index < -0.39 is 0 Å². The normalized spacial score (nSPS) is 16.1. The molecule has 5 nitrogen and oxygen atoms in total. The van der Waals surface area contributed by atoms with Crippen LogP contribution in [0.25, 0.3) is 0 Å². The number of nitrogens with zero attached hydrogens (tertiary/aromatic N) is 3. The predicted octanol–water partition coefficient (Wildman–Crippen LogP) is 3.23. The molecule has 1 aromatic carbocycles. The first kappa shape index (κ1) is 19.5. The van der Waals surface area contributed by atoms with E-state index in [-0.39, 0.29) is 0 Å². The Morgan fingerprint density at radius 1 is 0.926 bits per heavy atom. The fourth-order valence-corrected chi connectivity index (χ4v) is 3.54. The molecule has 146 valence electrons. The van der Waals surface area contributed by atoms with Crippen molar-refractivity contribution in [2.45, 2.75) is 45.3 Å². The van der Waals surface area contributed by atoms with Gasteiger partial charge in [0.1, 0.15) is 0 Å². The fourth-order valence-electron chi connectivity index (χ4n) is 3.54. The van der Waals surface area contributed by atoms with Gasteiger partial charge in [0.25, 0.3) is 0 Å². The molecule has 0 aliphatic carbocycles. The first-order chi connectivity index (χ1) is 13.3. The van der Waals surface area contributed by atoms with Crippen molar-refractivity contribution >= 4 is 5.96 Å². The summed E-state index contributed by atoms with van der Waals surface area (Å²) in [5.41, 5.74) is 2.69. The number of likely N-dealkylation sites (tertiary alicyclic amines) is 1. The molecule has 3 rings (SSSR count). The molecule has 1 fully saturated rings. The smallest absolute Gasteiger partial charge is 0.191 e. The Hall–Kier alpha value is -2.27. The Kier molecular flexibility index (Phi) is 7.78. The minimum atomic E-state index is 0.785. The molecule has 27 heavy (non-hydrogen) atoms. The molecule has 2 heterocycles. The summed E-state index contributed by atoms with van der Waals surface area (Å²) in [6, 6.07) is 13.1. The minimum absolute atomic E-state index is 0.785. The van der Waals surface area contributed by atoms with Crippen LogP contribution in [0.2, 0.25) is 0 Å². The predicted molar refractivity (Wildman–Crippen MR) is 113 cm³/mol. The summed E-state index contributed by atoms with van der Waals surface area (Å²) >= 11 is 0. The lowest BCUT2D eigenvalue weighted by Crippen LogP contribution is -2.38. The van der Waals surface area contributed by atoms with E-state index in [1.807, 2.05) is 19.2 Å². The third kappa shape index (κ3) is 6.75. The van der Waals surface area contributed by atoms with E-state index in [2.05, 4.69) is 61.8 Å². The first-order valence-corrected chi connectivity index (χ1v) is 10.2. The van der Waals surface area contributed by atoms with Gasteiger partial charge < -0.3 is 15.2 Å². The zero-order valence-electron chi connectivity index (χ0n) is 16.5. The summed E-state index contributed by atoms with van der Waals surface area (Å²) in [5, 5.41) is 6.75. The summed E-state index contributed by atoms with van der Waals surface area (Å²) in [5.74, 6) is 0.843. The maximum atomic E-state index is 4.30. The van der Waals surface area contributed by atoms with Crippen LogP contribution >= 0.6 is 0 Å². The lowest BCUT2D eigenvalue weighted by Gasteiger charge is -2.20. The second-order valence-corrected chi connectivity index (χ2v) is 7.28. The average molecular weight is 368 g/mol. The van der Waals surface area contributed by atoms with Gasteiger partial charge in [-0.05, 0) is 49.2 Å². The summed E-state index contributed by atoms with van der Waals surface area (Å²) in [7, 11) is 1.81. The number of rotatable bonds is 7. The fraction of sp³-hybridized carbons (Fsp3) is 0.500. The standard InChI is InChI=1S/C22H33N5/c1-23-22(24-12-17-26-13-6-7-14-26)25-18-20-8-10-21(11-9-20)19-27-15-4-2-3-5-16-27/h6-11,13-14H,2-5,12,15-19H2,1H3,(H2,23,24,25). The van der Waals surface area contributed by atoms with Crippen LogP contribution in [-0.2, 0) is 19.6 Å². The van der Waals surface area contributed by atoms with Crippen molar-refractivity contribution in [2.75, 3.05) is 26.7 Å². The van der Waals surface area contributed by atoms with Crippen molar-refractivity contribution in [1.82, 2.24) is 20.1 Å². The summed E-state index contributed by atoms with van der Waals surface area (Å²) in [4.78, 5) is 6.90. The zero-order valence-corrected chi connectivity index (χ0v) is 16.5. The second-order valence-electron chi connectivity index (χ2n) is 7.28. The number of benzene rings is 1. The van der Waals surface area contributed by atoms with Gasteiger partial charge in [-0.25, -0.2) is 0 Å². The van der Waals surface area contributed by atoms with Crippen LogP contribution < -0.4 is 10.6 Å². The van der Waals surface area contributed by atoms with Crippen molar-refractivity contribution in [3.63, 3.8) is 0 Å². The Balaban J connectivity index is 1.40. The topological polar surface area (TPSA) is 44.6 Å². The lowest BCUT2D eigenvalue weighted by molar-refractivity contribution is 0.277. The van der Waals surface area contributed by atoms with Gasteiger partial charge in [0, 0.05) is 45.6 Å². The molecule has 0 radical (unpaired) electrons. The van der Waals surface area contributed by atoms with Gasteiger partial charge in [-0.1, -0.05) is 37.1 Å². The highest BCUT2D eigenvalue weighted by Gasteiger charge is 2.09. The Morgan fingerprint density at radius 3 is 2.26 bits per heavy atom. The van der Waals surface area contributed by atoms with Crippen molar-refractivity contribution in [3.05, 3.63) is 59.9 Å². The van der Waals surface area contributed by atoms with Crippen LogP contribution in [0, 0.1) is 0 Å². The molecule has 1 aliphatic rings. The molecule has 2 N–H and O–H groups in total. The van der Waals surface area contributed by atoms with Crippen molar-refractivity contribution < 1.29 is 0 Å². The van der Waals surface area contributed by atoms with E-state index in [9.17, 15) is 0 Å². The van der Waals surface area contributed by atoms with E-state index in [1.54, 1.807) is 0 Å². The van der Waals surface area contributed by atoms with E-state index in [0.29, 0.717) is 0 Å². The number of guanidine groups is 1. The lowest BCUT2D eigenvalue weighted by atomic mass is 10.1. The second kappa shape index (κ2) is 10.8. The van der Waals surface area contributed by atoms with Crippen molar-refractivity contribution in [3.8, 4) is 0 Å². The van der Waals surface area contributed by atoms with Gasteiger partial charge in [-0.3, -0.25) is 9.89 Å². The van der Waals surface area contributed by atoms with Gasteiger partial charge in [-0.15, -0.1) is 0 Å². The molecule has 0 saturated carbocycles. The third-order valence-corrected chi connectivity index (χ3v) is 5.14. The number of aliphatic imine (C=N–C) groups is 1. The maximum absolute atomic E-state index is 4.30. The van der Waals surface area contributed by atoms with E-state index in [1.165, 1.54) is 49.9 Å². The van der Waals surface area contributed by atoms with Gasteiger partial charge in [0.2, 0.25) is 0 Å². The molecular weight excluding hydrogens is 334 g/mol. The molecule has 0 bridgehead atoms. The third-order valence-electron chi connectivity index (χ3n) is 5.14. The highest BCUT2D eigenvalue weighted by Crippen LogP contribution is 2.13. The summed E-state index contributed by atoms with van der Waals surface area (Å²) in [6.07, 6.45) is 9.62. The van der Waals surface area contributed by atoms with Crippen LogP contribution in [0.1, 0.15) is 36.8 Å². The average Bonchev–Trinajstić information content (AvgIpc) is 3.08. The molecule has 5 heteroatoms. The van der Waals surface area contributed by atoms with Crippen LogP contribution in [0.5, 0.6) is 0 Å². The SMILES string of the molecule is CN=C(NCCn1cccc1)NCc1ccc(CN2CCCCCC2)cc1. The Morgan fingerprint density at radius 2 is 1.59 bits per heavy atom. The number of hydrogen-bond donors (Lipinski definition) is 2. The molecule has 0 spiro atoms. The van der Waals surface area contributed by atoms with Crippen LogP contribution in [0.4, 0.5) is 0 Å². The molecule has 1 aliphatic heterocycles. The molecule has 0 amide bonds. The van der Waals surface area contributed by atoms with Crippen LogP contribution in [0.15, 0.2) is 53.8 Å². The number of aromatic nitrogens is 1. The Labute approximate surface area is 163 Å². The van der Waals surface area contributed by atoms with Gasteiger partial charge in [0.15, 0.2) is 5.96 Å². The van der Waals surface area contributed by atoms with Crippen molar-refractivity contribution in [2.24, 2.45) is 4.99 Å². The molecule has 2 aromatic rings. The van der Waals surface area contributed by atoms with E-state index >= 15 is 0 Å². The van der Waals surface area contributed by atoms with Crippen LogP contribution in [0.3, 0.4) is 0 Å². The molecular formula is C22H33N5. The molecule has 0 atom stereocenters. The first-order valence-electron chi connectivity index (χ1n) is 10.2. The van der Waals surface area contributed by atoms with E-state index in [0.717, 1.165) is 32.1 Å². The largest absolute Gasteiger partial charge is 0.355 e. The minimum Gasteiger partial charge on any atom is -0.355 e. The highest BCUT2D eigenvalue weighted by atomic mass is 15.2. The highest BCUT2D eigenvalue weighted by molar-refractivity contribution is 5.79. The van der Waals surface area contributed by atoms with E-state index in [4.69, 9.17) is 0 Å². The van der Waals surface area contributed by atoms with Gasteiger partial charge in [-0.2, -0.15) is 0 Å². The van der Waals surface area contributed by atoms with Crippen LogP contribution in [-0.4, -0.2) is 42.1 Å². The summed E-state index contributed by atoms with van der Waals surface area (Å²) in [6.45, 7) is 6.13. The Bertz CT molecular complexity index is 667. The quantitative estimate of drug-likeness (QED) is 0.583. The number of hydrogen-bond acceptors (Lipinski definition) is 2. The molecule has 0 unspecified atom stereocenters. The monoisotopic (exact) mass is 367 g/mol. The van der Waals surface area contributed by atoms with Gasteiger partial charge in [0.05, 0.1) is 0 Å². The summed E-state index contributed by atoms with van der Waals surface area (Å²) < 4.78 is 2.16. The number of nitrogens with one attached hydrogen (secondary N) is 2. The van der Waals surface area contributed by atoms with Crippen molar-refractivity contribution in [1.29, 1.82) is 0 Å². The molecule has 1 saturated heterocycles. The zero-order chi connectivity index (χ0) is 18.7.